The topological polar surface area (TPSA) is 57.6 Å². The zero-order valence-electron chi connectivity index (χ0n) is 14.5. The number of benzene rings is 2. The highest BCUT2D eigenvalue weighted by atomic mass is 35.5. The fourth-order valence-corrected chi connectivity index (χ4v) is 4.68. The van der Waals surface area contributed by atoms with Crippen LogP contribution >= 0.6 is 11.6 Å². The molecule has 1 fully saturated rings. The summed E-state index contributed by atoms with van der Waals surface area (Å²) >= 11 is 6.01. The number of amides is 1. The van der Waals surface area contributed by atoms with Gasteiger partial charge in [-0.05, 0) is 47.6 Å². The molecule has 1 heterocycles. The number of hydrogen-bond acceptors (Lipinski definition) is 2. The molecule has 1 aliphatic carbocycles. The molecule has 1 atom stereocenters. The molecule has 0 aromatic heterocycles. The van der Waals surface area contributed by atoms with E-state index in [-0.39, 0.29) is 5.91 Å². The van der Waals surface area contributed by atoms with Gasteiger partial charge >= 0.3 is 5.97 Å². The minimum absolute atomic E-state index is 0.0958. The molecule has 1 N–H and O–H groups in total. The summed E-state index contributed by atoms with van der Waals surface area (Å²) in [6.45, 7) is 2.46. The second-order valence-electron chi connectivity index (χ2n) is 7.48. The first kappa shape index (κ1) is 17.1. The van der Waals surface area contributed by atoms with Crippen LogP contribution in [0.4, 0.5) is 0 Å². The fourth-order valence-electron chi connectivity index (χ4n) is 4.55. The summed E-state index contributed by atoms with van der Waals surface area (Å²) in [6.07, 6.45) is 1.46. The Bertz CT molecular complexity index is 871. The lowest BCUT2D eigenvalue weighted by molar-refractivity contribution is -0.155. The lowest BCUT2D eigenvalue weighted by Gasteiger charge is -2.48. The van der Waals surface area contributed by atoms with Crippen molar-refractivity contribution in [3.63, 3.8) is 0 Å². The van der Waals surface area contributed by atoms with Crippen LogP contribution in [0.25, 0.3) is 0 Å². The van der Waals surface area contributed by atoms with Gasteiger partial charge in [-0.3, -0.25) is 4.79 Å². The molecule has 1 aliphatic heterocycles. The smallest absolute Gasteiger partial charge is 0.331 e. The monoisotopic (exact) mass is 369 g/mol. The van der Waals surface area contributed by atoms with Gasteiger partial charge in [-0.2, -0.15) is 0 Å². The van der Waals surface area contributed by atoms with Crippen LogP contribution in [0.15, 0.2) is 48.5 Å². The van der Waals surface area contributed by atoms with E-state index in [1.165, 1.54) is 4.90 Å². The Morgan fingerprint density at radius 1 is 1.12 bits per heavy atom. The minimum Gasteiger partial charge on any atom is -0.479 e. The van der Waals surface area contributed by atoms with Gasteiger partial charge in [-0.25, -0.2) is 4.79 Å². The van der Waals surface area contributed by atoms with E-state index in [0.717, 1.165) is 24.0 Å². The van der Waals surface area contributed by atoms with Gasteiger partial charge in [-0.15, -0.1) is 0 Å². The summed E-state index contributed by atoms with van der Waals surface area (Å²) in [4.78, 5) is 27.1. The van der Waals surface area contributed by atoms with Crippen molar-refractivity contribution < 1.29 is 14.7 Å². The fraction of sp³-hybridized carbons (Fsp3) is 0.333. The predicted molar refractivity (Wildman–Crippen MR) is 98.9 cm³/mol. The van der Waals surface area contributed by atoms with E-state index in [1.54, 1.807) is 18.2 Å². The zero-order valence-corrected chi connectivity index (χ0v) is 15.2. The van der Waals surface area contributed by atoms with Crippen LogP contribution < -0.4 is 0 Å². The first-order chi connectivity index (χ1) is 12.4. The van der Waals surface area contributed by atoms with Crippen LogP contribution in [0, 0.1) is 5.92 Å². The third kappa shape index (κ3) is 2.52. The van der Waals surface area contributed by atoms with Crippen molar-refractivity contribution in [2.45, 2.75) is 37.8 Å². The Hall–Kier alpha value is -2.33. The van der Waals surface area contributed by atoms with Crippen LogP contribution in [0.5, 0.6) is 0 Å². The summed E-state index contributed by atoms with van der Waals surface area (Å²) in [6, 6.07) is 13.9. The van der Waals surface area contributed by atoms with Gasteiger partial charge < -0.3 is 10.0 Å². The number of rotatable bonds is 3. The number of nitrogens with zero attached hydrogens (tertiary/aromatic N) is 1. The number of hydrogen-bond donors (Lipinski definition) is 1. The average Bonchev–Trinajstić information content (AvgIpc) is 2.98. The molecule has 0 saturated heterocycles. The minimum atomic E-state index is -0.984. The Labute approximate surface area is 157 Å². The third-order valence-corrected chi connectivity index (χ3v) is 5.95. The highest BCUT2D eigenvalue weighted by Gasteiger charge is 2.54. The van der Waals surface area contributed by atoms with E-state index < -0.39 is 17.4 Å². The Morgan fingerprint density at radius 3 is 2.38 bits per heavy atom. The molecule has 4 rings (SSSR count). The molecule has 2 aromatic carbocycles. The molecule has 1 amide bonds. The maximum atomic E-state index is 13.6. The number of aliphatic carboxylic acids is 1. The van der Waals surface area contributed by atoms with Crippen molar-refractivity contribution in [3.8, 4) is 0 Å². The second kappa shape index (κ2) is 6.13. The van der Waals surface area contributed by atoms with Crippen molar-refractivity contribution in [1.29, 1.82) is 0 Å². The standard InChI is InChI=1S/C21H20ClNO3/c1-13-10-21(11-13,15-6-8-16(22)9-7-15)20(26)23-12-14-4-2-3-5-17(14)18(23)19(24)25/h2-9,13,18H,10-12H2,1H3,(H,24,25)/t13?,18-,21?/m0/s1. The van der Waals surface area contributed by atoms with Gasteiger partial charge in [-0.1, -0.05) is 54.9 Å². The molecule has 5 heteroatoms. The number of carbonyl (C=O) groups excluding carboxylic acids is 1. The van der Waals surface area contributed by atoms with Gasteiger partial charge in [0.25, 0.3) is 0 Å². The molecule has 0 unspecified atom stereocenters. The van der Waals surface area contributed by atoms with Gasteiger partial charge in [0, 0.05) is 11.6 Å². The molecule has 0 bridgehead atoms. The first-order valence-electron chi connectivity index (χ1n) is 8.80. The molecule has 26 heavy (non-hydrogen) atoms. The van der Waals surface area contributed by atoms with E-state index in [2.05, 4.69) is 6.92 Å². The number of fused-ring (bicyclic) bond motifs is 1. The third-order valence-electron chi connectivity index (χ3n) is 5.70. The van der Waals surface area contributed by atoms with Crippen LogP contribution in [-0.2, 0) is 21.5 Å². The summed E-state index contributed by atoms with van der Waals surface area (Å²) in [7, 11) is 0. The summed E-state index contributed by atoms with van der Waals surface area (Å²) in [5.41, 5.74) is 1.89. The quantitative estimate of drug-likeness (QED) is 0.883. The maximum Gasteiger partial charge on any atom is 0.331 e. The molecule has 2 aromatic rings. The largest absolute Gasteiger partial charge is 0.479 e. The molecule has 134 valence electrons. The number of carboxylic acid groups (broad SMARTS) is 1. The van der Waals surface area contributed by atoms with Crippen molar-refractivity contribution in [2.75, 3.05) is 0 Å². The van der Waals surface area contributed by atoms with E-state index in [9.17, 15) is 14.7 Å². The summed E-state index contributed by atoms with van der Waals surface area (Å²) in [5, 5.41) is 10.4. The van der Waals surface area contributed by atoms with Gasteiger partial charge in [0.05, 0.1) is 5.41 Å². The normalized spacial score (nSPS) is 26.9. The summed E-state index contributed by atoms with van der Waals surface area (Å²) in [5.74, 6) is -0.647. The Balaban J connectivity index is 1.73. The molecule has 0 spiro atoms. The van der Waals surface area contributed by atoms with Crippen molar-refractivity contribution in [3.05, 3.63) is 70.2 Å². The van der Waals surface area contributed by atoms with E-state index >= 15 is 0 Å². The van der Waals surface area contributed by atoms with Crippen LogP contribution in [0.2, 0.25) is 5.02 Å². The molecular formula is C21H20ClNO3. The van der Waals surface area contributed by atoms with Crippen LogP contribution in [0.3, 0.4) is 0 Å². The van der Waals surface area contributed by atoms with Crippen LogP contribution in [-0.4, -0.2) is 21.9 Å². The Kier molecular flexibility index (Phi) is 4.03. The van der Waals surface area contributed by atoms with Crippen LogP contribution in [0.1, 0.15) is 42.5 Å². The molecule has 0 radical (unpaired) electrons. The van der Waals surface area contributed by atoms with Crippen molar-refractivity contribution >= 4 is 23.5 Å². The maximum absolute atomic E-state index is 13.6. The Morgan fingerprint density at radius 2 is 1.77 bits per heavy atom. The van der Waals surface area contributed by atoms with Gasteiger partial charge in [0.15, 0.2) is 6.04 Å². The van der Waals surface area contributed by atoms with E-state index in [1.807, 2.05) is 30.3 Å². The SMILES string of the molecule is CC1CC(C(=O)N2Cc3ccccc3[C@H]2C(=O)O)(c2ccc(Cl)cc2)C1. The first-order valence-corrected chi connectivity index (χ1v) is 9.18. The van der Waals surface area contributed by atoms with E-state index in [4.69, 9.17) is 11.6 Å². The average molecular weight is 370 g/mol. The highest BCUT2D eigenvalue weighted by Crippen LogP contribution is 2.51. The lowest BCUT2D eigenvalue weighted by Crippen LogP contribution is -2.54. The number of carboxylic acids is 1. The highest BCUT2D eigenvalue weighted by molar-refractivity contribution is 6.30. The number of carbonyl (C=O) groups is 2. The van der Waals surface area contributed by atoms with Gasteiger partial charge in [0.1, 0.15) is 0 Å². The summed E-state index contributed by atoms with van der Waals surface area (Å²) < 4.78 is 0. The molecule has 2 aliphatic rings. The lowest BCUT2D eigenvalue weighted by atomic mass is 9.58. The second-order valence-corrected chi connectivity index (χ2v) is 7.91. The predicted octanol–water partition coefficient (Wildman–Crippen LogP) is 4.18. The van der Waals surface area contributed by atoms with Crippen molar-refractivity contribution in [1.82, 2.24) is 4.90 Å². The number of halogens is 1. The van der Waals surface area contributed by atoms with E-state index in [0.29, 0.717) is 23.0 Å². The van der Waals surface area contributed by atoms with Crippen molar-refractivity contribution in [2.24, 2.45) is 5.92 Å². The molecule has 1 saturated carbocycles. The molecular weight excluding hydrogens is 350 g/mol. The molecule has 4 nitrogen and oxygen atoms in total. The van der Waals surface area contributed by atoms with Gasteiger partial charge in [0.2, 0.25) is 5.91 Å². The zero-order chi connectivity index (χ0) is 18.5.